The Morgan fingerprint density at radius 2 is 2.03 bits per heavy atom. The number of carboxylic acids is 1. The first-order valence-corrected chi connectivity index (χ1v) is 12.6. The summed E-state index contributed by atoms with van der Waals surface area (Å²) in [5.74, 6) is -0.931. The van der Waals surface area contributed by atoms with E-state index in [-0.39, 0.29) is 33.4 Å². The summed E-state index contributed by atoms with van der Waals surface area (Å²) in [6, 6.07) is 6.63. The van der Waals surface area contributed by atoms with Crippen molar-refractivity contribution in [3.05, 3.63) is 58.9 Å². The van der Waals surface area contributed by atoms with E-state index in [1.807, 2.05) is 6.08 Å². The molecule has 1 saturated heterocycles. The van der Waals surface area contributed by atoms with Gasteiger partial charge in [-0.3, -0.25) is 9.62 Å². The number of carboxylic acid groups (broad SMARTS) is 1. The Morgan fingerprint density at radius 1 is 1.24 bits per heavy atom. The van der Waals surface area contributed by atoms with Gasteiger partial charge in [0.25, 0.3) is 10.0 Å². The van der Waals surface area contributed by atoms with E-state index in [0.717, 1.165) is 50.0 Å². The molecule has 2 aromatic carbocycles. The predicted molar refractivity (Wildman–Crippen MR) is 122 cm³/mol. The van der Waals surface area contributed by atoms with Crippen LogP contribution in [0, 0.1) is 11.7 Å². The van der Waals surface area contributed by atoms with E-state index in [1.165, 1.54) is 12.1 Å². The van der Waals surface area contributed by atoms with Gasteiger partial charge in [0.2, 0.25) is 0 Å². The van der Waals surface area contributed by atoms with Gasteiger partial charge in [-0.15, -0.1) is 0 Å². The molecule has 2 aliphatic heterocycles. The highest BCUT2D eigenvalue weighted by Crippen LogP contribution is 2.55. The van der Waals surface area contributed by atoms with Crippen LogP contribution in [0.1, 0.15) is 46.7 Å². The maximum atomic E-state index is 13.9. The number of aromatic carboxylic acids is 1. The molecule has 5 rings (SSSR count). The smallest absolute Gasteiger partial charge is 0.341 e. The zero-order chi connectivity index (χ0) is 23.2. The number of sulfonamides is 1. The summed E-state index contributed by atoms with van der Waals surface area (Å²) >= 11 is 0. The molecule has 3 aliphatic rings. The van der Waals surface area contributed by atoms with Crippen molar-refractivity contribution in [2.24, 2.45) is 5.92 Å². The van der Waals surface area contributed by atoms with E-state index in [2.05, 4.69) is 9.62 Å². The number of anilines is 1. The SMILES string of the molecule is O=C(O)c1c(NS(=O)(=O)c2ccc(F)cc2/C=C\CN2CCCC2)ccc2c1OCC1CC21. The average Bonchev–Trinajstić information content (AvgIpc) is 3.38. The maximum absolute atomic E-state index is 13.9. The van der Waals surface area contributed by atoms with E-state index in [1.54, 1.807) is 12.1 Å². The van der Waals surface area contributed by atoms with Gasteiger partial charge in [-0.25, -0.2) is 17.6 Å². The van der Waals surface area contributed by atoms with Crippen molar-refractivity contribution >= 4 is 27.8 Å². The van der Waals surface area contributed by atoms with Gasteiger partial charge in [0.1, 0.15) is 17.1 Å². The van der Waals surface area contributed by atoms with Crippen LogP contribution in [-0.2, 0) is 10.0 Å². The van der Waals surface area contributed by atoms with Crippen LogP contribution in [0.5, 0.6) is 5.75 Å². The van der Waals surface area contributed by atoms with Gasteiger partial charge in [0.15, 0.2) is 0 Å². The first kappa shape index (κ1) is 21.9. The Morgan fingerprint density at radius 3 is 2.79 bits per heavy atom. The van der Waals surface area contributed by atoms with Gasteiger partial charge >= 0.3 is 5.97 Å². The number of likely N-dealkylation sites (tertiary alicyclic amines) is 1. The topological polar surface area (TPSA) is 95.9 Å². The van der Waals surface area contributed by atoms with Crippen molar-refractivity contribution in [3.63, 3.8) is 0 Å². The third-order valence-corrected chi connectivity index (χ3v) is 7.97. The lowest BCUT2D eigenvalue weighted by Crippen LogP contribution is -2.20. The molecule has 2 N–H and O–H groups in total. The number of fused-ring (bicyclic) bond motifs is 3. The lowest BCUT2D eigenvalue weighted by atomic mass is 10.0. The Bertz CT molecular complexity index is 1240. The van der Waals surface area contributed by atoms with E-state index in [4.69, 9.17) is 4.74 Å². The molecule has 2 heterocycles. The van der Waals surface area contributed by atoms with Gasteiger partial charge in [-0.1, -0.05) is 18.2 Å². The number of nitrogens with one attached hydrogen (secondary N) is 1. The Hall–Kier alpha value is -2.91. The molecule has 33 heavy (non-hydrogen) atoms. The van der Waals surface area contributed by atoms with Crippen molar-refractivity contribution < 1.29 is 27.4 Å². The number of halogens is 1. The highest BCUT2D eigenvalue weighted by Gasteiger charge is 2.45. The van der Waals surface area contributed by atoms with Crippen LogP contribution in [0.25, 0.3) is 6.08 Å². The molecule has 0 aromatic heterocycles. The highest BCUT2D eigenvalue weighted by molar-refractivity contribution is 7.92. The third kappa shape index (κ3) is 4.35. The molecule has 7 nitrogen and oxygen atoms in total. The largest absolute Gasteiger partial charge is 0.492 e. The van der Waals surface area contributed by atoms with E-state index in [9.17, 15) is 22.7 Å². The molecule has 174 valence electrons. The summed E-state index contributed by atoms with van der Waals surface area (Å²) in [5, 5.41) is 9.82. The molecule has 0 radical (unpaired) electrons. The molecule has 2 fully saturated rings. The van der Waals surface area contributed by atoms with Crippen LogP contribution < -0.4 is 9.46 Å². The first-order valence-electron chi connectivity index (χ1n) is 11.1. The summed E-state index contributed by atoms with van der Waals surface area (Å²) in [5.41, 5.74) is 0.735. The minimum Gasteiger partial charge on any atom is -0.492 e. The van der Waals surface area contributed by atoms with Crippen LogP contribution in [0.4, 0.5) is 10.1 Å². The second-order valence-electron chi connectivity index (χ2n) is 8.82. The number of carbonyl (C=O) groups is 1. The maximum Gasteiger partial charge on any atom is 0.341 e. The number of rotatable bonds is 7. The predicted octanol–water partition coefficient (Wildman–Crippen LogP) is 3.93. The zero-order valence-corrected chi connectivity index (χ0v) is 18.8. The summed E-state index contributed by atoms with van der Waals surface area (Å²) in [6.07, 6.45) is 6.63. The lowest BCUT2D eigenvalue weighted by molar-refractivity contribution is 0.0692. The van der Waals surface area contributed by atoms with Crippen molar-refractivity contribution in [2.75, 3.05) is 31.0 Å². The molecule has 9 heteroatoms. The molecule has 1 aliphatic carbocycles. The quantitative estimate of drug-likeness (QED) is 0.634. The normalized spacial score (nSPS) is 22.0. The minimum atomic E-state index is -4.20. The second kappa shape index (κ2) is 8.46. The Balaban J connectivity index is 1.46. The van der Waals surface area contributed by atoms with Crippen LogP contribution in [-0.4, -0.2) is 50.6 Å². The number of hydrogen-bond donors (Lipinski definition) is 2. The fourth-order valence-electron chi connectivity index (χ4n) is 4.73. The molecule has 2 aromatic rings. The van der Waals surface area contributed by atoms with Crippen LogP contribution in [0.3, 0.4) is 0 Å². The molecule has 0 bridgehead atoms. The Labute approximate surface area is 191 Å². The van der Waals surface area contributed by atoms with Crippen LogP contribution in [0.15, 0.2) is 41.3 Å². The second-order valence-corrected chi connectivity index (χ2v) is 10.5. The van der Waals surface area contributed by atoms with Crippen molar-refractivity contribution in [1.82, 2.24) is 4.90 Å². The fourth-order valence-corrected chi connectivity index (χ4v) is 5.99. The summed E-state index contributed by atoms with van der Waals surface area (Å²) in [6.45, 7) is 3.05. The van der Waals surface area contributed by atoms with E-state index >= 15 is 0 Å². The van der Waals surface area contributed by atoms with Crippen molar-refractivity contribution in [3.8, 4) is 5.75 Å². The monoisotopic (exact) mass is 472 g/mol. The molecule has 1 saturated carbocycles. The summed E-state index contributed by atoms with van der Waals surface area (Å²) in [7, 11) is -4.20. The van der Waals surface area contributed by atoms with Gasteiger partial charge in [0, 0.05) is 12.5 Å². The van der Waals surface area contributed by atoms with Gasteiger partial charge in [-0.2, -0.15) is 0 Å². The standard InChI is InChI=1S/C24H25FN2O5S/c25-17-5-8-21(15(12-17)4-3-11-27-9-1-2-10-27)33(30,31)26-20-7-6-18-19-13-16(19)14-32-23(18)22(20)24(28)29/h3-8,12,16,19,26H,1-2,9-11,13-14H2,(H,28,29)/b4-3-. The first-order chi connectivity index (χ1) is 15.8. The number of hydrogen-bond acceptors (Lipinski definition) is 5. The summed E-state index contributed by atoms with van der Waals surface area (Å²) in [4.78, 5) is 14.1. The number of ether oxygens (including phenoxy) is 1. The molecular weight excluding hydrogens is 447 g/mol. The molecule has 2 unspecified atom stereocenters. The number of benzene rings is 2. The summed E-state index contributed by atoms with van der Waals surface area (Å²) < 4.78 is 48.5. The van der Waals surface area contributed by atoms with Gasteiger partial charge in [0.05, 0.1) is 17.2 Å². The molecular formula is C24H25FN2O5S. The minimum absolute atomic E-state index is 0.0725. The van der Waals surface area contributed by atoms with E-state index in [0.29, 0.717) is 19.1 Å². The average molecular weight is 473 g/mol. The molecule has 0 spiro atoms. The molecule has 0 amide bonds. The fraction of sp³-hybridized carbons (Fsp3) is 0.375. The third-order valence-electron chi connectivity index (χ3n) is 6.53. The highest BCUT2D eigenvalue weighted by atomic mass is 32.2. The van der Waals surface area contributed by atoms with Gasteiger partial charge < -0.3 is 9.84 Å². The zero-order valence-electron chi connectivity index (χ0n) is 18.0. The van der Waals surface area contributed by atoms with Crippen molar-refractivity contribution in [1.29, 1.82) is 0 Å². The number of nitrogens with zero attached hydrogens (tertiary/aromatic N) is 1. The van der Waals surface area contributed by atoms with Crippen molar-refractivity contribution in [2.45, 2.75) is 30.1 Å². The van der Waals surface area contributed by atoms with Crippen LogP contribution in [0.2, 0.25) is 0 Å². The lowest BCUT2D eigenvalue weighted by Gasteiger charge is -2.21. The Kier molecular flexibility index (Phi) is 5.62. The van der Waals surface area contributed by atoms with E-state index < -0.39 is 21.8 Å². The molecule has 2 atom stereocenters. The van der Waals surface area contributed by atoms with Crippen LogP contribution >= 0.6 is 0 Å². The van der Waals surface area contributed by atoms with Gasteiger partial charge in [-0.05, 0) is 73.7 Å².